The minimum Gasteiger partial charge on any atom is -0.443 e. The van der Waals surface area contributed by atoms with E-state index in [1.54, 1.807) is 13.0 Å². The average Bonchev–Trinajstić information content (AvgIpc) is 2.73. The molecule has 0 unspecified atom stereocenters. The predicted octanol–water partition coefficient (Wildman–Crippen LogP) is 4.62. The first-order valence-electron chi connectivity index (χ1n) is 6.55. The molecule has 1 heterocycles. The van der Waals surface area contributed by atoms with Crippen LogP contribution in [0.1, 0.15) is 11.3 Å². The van der Waals surface area contributed by atoms with Crippen LogP contribution in [0.3, 0.4) is 0 Å². The number of aryl methyl sites for hydroxylation is 1. The van der Waals surface area contributed by atoms with Crippen molar-refractivity contribution in [1.29, 1.82) is 0 Å². The second-order valence-corrected chi connectivity index (χ2v) is 4.63. The summed E-state index contributed by atoms with van der Waals surface area (Å²) >= 11 is 0. The molecule has 5 nitrogen and oxygen atoms in total. The van der Waals surface area contributed by atoms with Crippen LogP contribution in [-0.2, 0) is 0 Å². The highest BCUT2D eigenvalue weighted by molar-refractivity contribution is 5.81. The Hall–Kier alpha value is -2.97. The van der Waals surface area contributed by atoms with Crippen molar-refractivity contribution in [3.8, 4) is 5.75 Å². The summed E-state index contributed by atoms with van der Waals surface area (Å²) in [6.07, 6.45) is -2.05. The quantitative estimate of drug-likeness (QED) is 0.614. The number of nitrogens with two attached hydrogens (primary N) is 1. The average molecular weight is 343 g/mol. The smallest absolute Gasteiger partial charge is 0.443 e. The summed E-state index contributed by atoms with van der Waals surface area (Å²) in [7, 11) is 0. The predicted molar refractivity (Wildman–Crippen MR) is 82.8 cm³/mol. The zero-order chi connectivity index (χ0) is 17.9. The van der Waals surface area contributed by atoms with Crippen molar-refractivity contribution in [2.45, 2.75) is 13.3 Å². The third-order valence-corrected chi connectivity index (χ3v) is 2.93. The molecule has 0 fully saturated rings. The van der Waals surface area contributed by atoms with Gasteiger partial charge in [-0.25, -0.2) is 4.39 Å². The van der Waals surface area contributed by atoms with Crippen LogP contribution in [0.2, 0.25) is 0 Å². The standard InChI is InChI=1S/C15H13F4N3O2/c1-8-10(5-6-21-2)13(14(20)23-8)22-9-3-4-11(16)12(7-9)24-15(17,18)19/h3-7,22H,2,20H2,1H3/b6-5-. The van der Waals surface area contributed by atoms with Crippen LogP contribution in [0.25, 0.3) is 6.08 Å². The summed E-state index contributed by atoms with van der Waals surface area (Å²) in [6.45, 7) is 4.94. The van der Waals surface area contributed by atoms with Crippen molar-refractivity contribution >= 4 is 30.1 Å². The van der Waals surface area contributed by atoms with Crippen molar-refractivity contribution in [2.24, 2.45) is 4.99 Å². The third kappa shape index (κ3) is 4.06. The molecule has 2 rings (SSSR count). The molecule has 0 aliphatic carbocycles. The third-order valence-electron chi connectivity index (χ3n) is 2.93. The number of nitrogens with one attached hydrogen (secondary N) is 1. The Bertz CT molecular complexity index is 782. The maximum atomic E-state index is 13.4. The van der Waals surface area contributed by atoms with E-state index in [1.165, 1.54) is 12.3 Å². The number of ether oxygens (including phenoxy) is 1. The fraction of sp³-hybridized carbons (Fsp3) is 0.133. The van der Waals surface area contributed by atoms with Crippen molar-refractivity contribution < 1.29 is 26.7 Å². The molecule has 0 saturated heterocycles. The summed E-state index contributed by atoms with van der Waals surface area (Å²) in [5, 5.41) is 2.78. The lowest BCUT2D eigenvalue weighted by atomic mass is 10.2. The molecule has 9 heteroatoms. The van der Waals surface area contributed by atoms with E-state index < -0.39 is 17.9 Å². The Balaban J connectivity index is 2.37. The highest BCUT2D eigenvalue weighted by Crippen LogP contribution is 2.35. The number of nitrogens with zero attached hydrogens (tertiary/aromatic N) is 1. The monoisotopic (exact) mass is 343 g/mol. The maximum Gasteiger partial charge on any atom is 0.573 e. The van der Waals surface area contributed by atoms with Crippen LogP contribution in [0.5, 0.6) is 5.75 Å². The van der Waals surface area contributed by atoms with Gasteiger partial charge < -0.3 is 20.2 Å². The summed E-state index contributed by atoms with van der Waals surface area (Å²) in [6, 6.07) is 2.94. The SMILES string of the molecule is C=N/C=C\c1c(C)oc(N)c1Nc1ccc(F)c(OC(F)(F)F)c1. The summed E-state index contributed by atoms with van der Waals surface area (Å²) in [4.78, 5) is 3.56. The van der Waals surface area contributed by atoms with Gasteiger partial charge in [0.25, 0.3) is 0 Å². The van der Waals surface area contributed by atoms with E-state index in [0.29, 0.717) is 17.0 Å². The van der Waals surface area contributed by atoms with E-state index in [0.717, 1.165) is 12.1 Å². The van der Waals surface area contributed by atoms with E-state index in [4.69, 9.17) is 10.2 Å². The second-order valence-electron chi connectivity index (χ2n) is 4.63. The van der Waals surface area contributed by atoms with E-state index in [9.17, 15) is 17.6 Å². The fourth-order valence-electron chi connectivity index (χ4n) is 1.96. The summed E-state index contributed by atoms with van der Waals surface area (Å²) < 4.78 is 59.2. The van der Waals surface area contributed by atoms with Crippen molar-refractivity contribution in [1.82, 2.24) is 0 Å². The zero-order valence-electron chi connectivity index (χ0n) is 12.4. The van der Waals surface area contributed by atoms with Gasteiger partial charge in [-0.05, 0) is 31.9 Å². The first kappa shape index (κ1) is 17.4. The highest BCUT2D eigenvalue weighted by atomic mass is 19.4. The number of nitrogen functional groups attached to an aromatic ring is 1. The van der Waals surface area contributed by atoms with Gasteiger partial charge in [0.1, 0.15) is 11.4 Å². The number of benzene rings is 1. The summed E-state index contributed by atoms with van der Waals surface area (Å²) in [5.41, 5.74) is 6.70. The molecule has 0 aliphatic heterocycles. The van der Waals surface area contributed by atoms with Gasteiger partial charge in [-0.3, -0.25) is 4.99 Å². The van der Waals surface area contributed by atoms with E-state index in [-0.39, 0.29) is 11.6 Å². The van der Waals surface area contributed by atoms with Crippen LogP contribution >= 0.6 is 0 Å². The topological polar surface area (TPSA) is 72.8 Å². The number of halogens is 4. The Kier molecular flexibility index (Phi) is 4.82. The normalized spacial score (nSPS) is 11.7. The molecule has 1 aromatic heterocycles. The van der Waals surface area contributed by atoms with Crippen molar-refractivity contribution in [3.63, 3.8) is 0 Å². The largest absolute Gasteiger partial charge is 0.573 e. The first-order valence-corrected chi connectivity index (χ1v) is 6.55. The Labute approximate surface area is 134 Å². The number of aliphatic imine (C=N–C) groups is 1. The molecule has 0 radical (unpaired) electrons. The molecule has 0 saturated carbocycles. The molecule has 0 bridgehead atoms. The molecular formula is C15H13F4N3O2. The summed E-state index contributed by atoms with van der Waals surface area (Å²) in [5.74, 6) is -1.64. The van der Waals surface area contributed by atoms with E-state index in [1.807, 2.05) is 0 Å². The van der Waals surface area contributed by atoms with Gasteiger partial charge in [0.05, 0.1) is 0 Å². The minimum atomic E-state index is -5.01. The molecular weight excluding hydrogens is 330 g/mol. The van der Waals surface area contributed by atoms with Crippen LogP contribution in [-0.4, -0.2) is 13.1 Å². The lowest BCUT2D eigenvalue weighted by Gasteiger charge is -2.12. The number of hydrogen-bond donors (Lipinski definition) is 2. The molecule has 0 aliphatic rings. The van der Waals surface area contributed by atoms with Gasteiger partial charge in [-0.15, -0.1) is 13.2 Å². The number of alkyl halides is 3. The number of furan rings is 1. The highest BCUT2D eigenvalue weighted by Gasteiger charge is 2.32. The lowest BCUT2D eigenvalue weighted by molar-refractivity contribution is -0.275. The molecule has 24 heavy (non-hydrogen) atoms. The number of anilines is 3. The van der Waals surface area contributed by atoms with Gasteiger partial charge in [0.15, 0.2) is 11.6 Å². The van der Waals surface area contributed by atoms with Gasteiger partial charge in [0, 0.05) is 23.5 Å². The second kappa shape index (κ2) is 6.65. The van der Waals surface area contributed by atoms with Crippen molar-refractivity contribution in [2.75, 3.05) is 11.1 Å². The molecule has 0 amide bonds. The van der Waals surface area contributed by atoms with E-state index >= 15 is 0 Å². The van der Waals surface area contributed by atoms with Gasteiger partial charge in [-0.1, -0.05) is 0 Å². The van der Waals surface area contributed by atoms with Gasteiger partial charge in [-0.2, -0.15) is 0 Å². The molecule has 128 valence electrons. The Morgan fingerprint density at radius 2 is 2.08 bits per heavy atom. The number of rotatable bonds is 5. The maximum absolute atomic E-state index is 13.4. The van der Waals surface area contributed by atoms with Crippen molar-refractivity contribution in [3.05, 3.63) is 41.5 Å². The van der Waals surface area contributed by atoms with Crippen LogP contribution < -0.4 is 15.8 Å². The van der Waals surface area contributed by atoms with Gasteiger partial charge >= 0.3 is 6.36 Å². The van der Waals surface area contributed by atoms with E-state index in [2.05, 4.69) is 21.8 Å². The van der Waals surface area contributed by atoms with Crippen LogP contribution in [0.15, 0.2) is 33.8 Å². The molecule has 0 atom stereocenters. The lowest BCUT2D eigenvalue weighted by Crippen LogP contribution is -2.18. The zero-order valence-corrected chi connectivity index (χ0v) is 12.4. The molecule has 2 aromatic rings. The van der Waals surface area contributed by atoms with Crippen LogP contribution in [0, 0.1) is 12.7 Å². The molecule has 0 spiro atoms. The first-order chi connectivity index (χ1) is 11.2. The molecule has 1 aromatic carbocycles. The Morgan fingerprint density at radius 1 is 1.38 bits per heavy atom. The van der Waals surface area contributed by atoms with Crippen LogP contribution in [0.4, 0.5) is 34.8 Å². The molecule has 3 N–H and O–H groups in total. The fourth-order valence-corrected chi connectivity index (χ4v) is 1.96. The Morgan fingerprint density at radius 3 is 2.71 bits per heavy atom. The number of hydrogen-bond acceptors (Lipinski definition) is 5. The van der Waals surface area contributed by atoms with Gasteiger partial charge in [0.2, 0.25) is 5.88 Å². The minimum absolute atomic E-state index is 0.0128.